The molecule has 3 saturated heterocycles. The van der Waals surface area contributed by atoms with Gasteiger partial charge in [-0.2, -0.15) is 0 Å². The Morgan fingerprint density at radius 3 is 2.72 bits per heavy atom. The fourth-order valence-corrected chi connectivity index (χ4v) is 4.73. The summed E-state index contributed by atoms with van der Waals surface area (Å²) in [4.78, 5) is 19.7. The summed E-state index contributed by atoms with van der Waals surface area (Å²) >= 11 is 1.19. The summed E-state index contributed by atoms with van der Waals surface area (Å²) < 4.78 is 26.4. The summed E-state index contributed by atoms with van der Waals surface area (Å²) in [5.41, 5.74) is 0.471. The van der Waals surface area contributed by atoms with E-state index in [1.165, 1.54) is 23.6 Å². The van der Waals surface area contributed by atoms with Crippen molar-refractivity contribution >= 4 is 17.2 Å². The van der Waals surface area contributed by atoms with Crippen LogP contribution in [0.25, 0.3) is 10.6 Å². The lowest BCUT2D eigenvalue weighted by Crippen LogP contribution is -2.62. The Kier molecular flexibility index (Phi) is 4.29. The minimum atomic E-state index is -0.917. The smallest absolute Gasteiger partial charge is 0.263 e. The van der Waals surface area contributed by atoms with Crippen LogP contribution in [0, 0.1) is 17.6 Å². The molecule has 2 atom stereocenters. The van der Waals surface area contributed by atoms with Gasteiger partial charge in [-0.05, 0) is 57.0 Å². The van der Waals surface area contributed by atoms with Gasteiger partial charge in [0.1, 0.15) is 9.88 Å². The molecular weight excluding hydrogens is 344 g/mol. The molecule has 1 aromatic carbocycles. The van der Waals surface area contributed by atoms with Crippen LogP contribution in [0.2, 0.25) is 0 Å². The highest BCUT2D eigenvalue weighted by Gasteiger charge is 2.40. The zero-order valence-corrected chi connectivity index (χ0v) is 14.7. The molecule has 25 heavy (non-hydrogen) atoms. The number of benzene rings is 1. The first kappa shape index (κ1) is 16.6. The lowest BCUT2D eigenvalue weighted by molar-refractivity contribution is 0.0218. The van der Waals surface area contributed by atoms with Gasteiger partial charge in [-0.15, -0.1) is 11.3 Å². The average molecular weight is 363 g/mol. The van der Waals surface area contributed by atoms with Crippen LogP contribution in [-0.2, 0) is 0 Å². The largest absolute Gasteiger partial charge is 0.347 e. The third-order valence-corrected chi connectivity index (χ3v) is 6.42. The predicted molar refractivity (Wildman–Crippen MR) is 92.5 cm³/mol. The first-order valence-electron chi connectivity index (χ1n) is 8.49. The molecule has 3 fully saturated rings. The Morgan fingerprint density at radius 1 is 1.28 bits per heavy atom. The number of hydrogen-bond acceptors (Lipinski definition) is 4. The van der Waals surface area contributed by atoms with Gasteiger partial charge in [-0.1, -0.05) is 0 Å². The second-order valence-electron chi connectivity index (χ2n) is 6.77. The molecule has 1 amide bonds. The number of nitrogens with one attached hydrogen (secondary N) is 1. The molecule has 132 valence electrons. The molecule has 0 radical (unpaired) electrons. The normalized spacial score (nSPS) is 28.1. The predicted octanol–water partition coefficient (Wildman–Crippen LogP) is 3.30. The van der Waals surface area contributed by atoms with E-state index in [9.17, 15) is 13.6 Å². The Labute approximate surface area is 148 Å². The molecule has 3 aliphatic rings. The fourth-order valence-electron chi connectivity index (χ4n) is 3.91. The van der Waals surface area contributed by atoms with E-state index < -0.39 is 11.6 Å². The second kappa shape index (κ2) is 6.46. The number of fused-ring (bicyclic) bond motifs is 3. The Balaban J connectivity index is 1.50. The summed E-state index contributed by atoms with van der Waals surface area (Å²) in [7, 11) is 0. The molecular formula is C18H19F2N3OS. The highest BCUT2D eigenvalue weighted by molar-refractivity contribution is 7.16. The van der Waals surface area contributed by atoms with Crippen LogP contribution < -0.4 is 5.32 Å². The van der Waals surface area contributed by atoms with E-state index >= 15 is 0 Å². The van der Waals surface area contributed by atoms with Crippen LogP contribution in [0.15, 0.2) is 24.4 Å². The van der Waals surface area contributed by atoms with Gasteiger partial charge in [0.15, 0.2) is 11.6 Å². The quantitative estimate of drug-likeness (QED) is 0.910. The lowest BCUT2D eigenvalue weighted by Gasteiger charge is -2.49. The third-order valence-electron chi connectivity index (χ3n) is 5.37. The summed E-state index contributed by atoms with van der Waals surface area (Å²) in [6.45, 7) is 4.38. The van der Waals surface area contributed by atoms with Crippen LogP contribution in [0.1, 0.15) is 29.4 Å². The molecule has 0 spiro atoms. The van der Waals surface area contributed by atoms with Gasteiger partial charge in [0.05, 0.1) is 6.20 Å². The number of rotatable bonds is 3. The second-order valence-corrected chi connectivity index (χ2v) is 7.80. The molecule has 1 aromatic heterocycles. The van der Waals surface area contributed by atoms with Crippen LogP contribution >= 0.6 is 11.3 Å². The standard InChI is InChI=1S/C18H19F2N3OS/c1-10-16(11-4-6-23(10)7-5-11)22-17(24)15-9-21-18(25-15)12-2-3-13(19)14(20)8-12/h2-3,8-11,16H,4-7H2,1H3,(H,22,24). The molecule has 1 N–H and O–H groups in total. The Morgan fingerprint density at radius 2 is 2.04 bits per heavy atom. The van der Waals surface area contributed by atoms with Crippen molar-refractivity contribution in [2.45, 2.75) is 31.8 Å². The Bertz CT molecular complexity index is 799. The molecule has 3 aliphatic heterocycles. The molecule has 7 heteroatoms. The highest BCUT2D eigenvalue weighted by atomic mass is 32.1. The number of halogens is 2. The van der Waals surface area contributed by atoms with E-state index in [0.717, 1.165) is 38.1 Å². The minimum absolute atomic E-state index is 0.142. The van der Waals surface area contributed by atoms with Crippen LogP contribution in [0.3, 0.4) is 0 Å². The maximum absolute atomic E-state index is 13.4. The van der Waals surface area contributed by atoms with Gasteiger partial charge in [0.25, 0.3) is 5.91 Å². The third kappa shape index (κ3) is 3.06. The van der Waals surface area contributed by atoms with Gasteiger partial charge >= 0.3 is 0 Å². The maximum Gasteiger partial charge on any atom is 0.263 e. The topological polar surface area (TPSA) is 45.2 Å². The SMILES string of the molecule is CC1C(NC(=O)c2cnc(-c3ccc(F)c(F)c3)s2)C2CCN1CC2. The van der Waals surface area contributed by atoms with E-state index in [1.807, 2.05) is 0 Å². The van der Waals surface area contributed by atoms with E-state index in [2.05, 4.69) is 22.1 Å². The van der Waals surface area contributed by atoms with E-state index in [-0.39, 0.29) is 11.9 Å². The molecule has 4 nitrogen and oxygen atoms in total. The molecule has 4 heterocycles. The van der Waals surface area contributed by atoms with Crippen molar-refractivity contribution in [1.82, 2.24) is 15.2 Å². The summed E-state index contributed by atoms with van der Waals surface area (Å²) in [5.74, 6) is -1.42. The lowest BCUT2D eigenvalue weighted by atomic mass is 9.79. The van der Waals surface area contributed by atoms with Gasteiger partial charge < -0.3 is 5.32 Å². The molecule has 0 aliphatic carbocycles. The van der Waals surface area contributed by atoms with Crippen molar-refractivity contribution in [2.75, 3.05) is 13.1 Å². The van der Waals surface area contributed by atoms with Crippen molar-refractivity contribution in [2.24, 2.45) is 5.92 Å². The number of aromatic nitrogens is 1. The molecule has 2 bridgehead atoms. The van der Waals surface area contributed by atoms with E-state index in [1.54, 1.807) is 0 Å². The van der Waals surface area contributed by atoms with Gasteiger partial charge in [0, 0.05) is 17.6 Å². The van der Waals surface area contributed by atoms with Crippen molar-refractivity contribution in [3.05, 3.63) is 40.9 Å². The number of carbonyl (C=O) groups excluding carboxylic acids is 1. The number of amides is 1. The van der Waals surface area contributed by atoms with Crippen molar-refractivity contribution in [1.29, 1.82) is 0 Å². The zero-order valence-electron chi connectivity index (χ0n) is 13.8. The fraction of sp³-hybridized carbons (Fsp3) is 0.444. The Hall–Kier alpha value is -1.86. The molecule has 5 rings (SSSR count). The highest BCUT2D eigenvalue weighted by Crippen LogP contribution is 2.33. The van der Waals surface area contributed by atoms with Gasteiger partial charge in [-0.3, -0.25) is 9.69 Å². The first-order chi connectivity index (χ1) is 12.0. The number of carbonyl (C=O) groups is 1. The van der Waals surface area contributed by atoms with Crippen LogP contribution in [-0.4, -0.2) is 41.0 Å². The van der Waals surface area contributed by atoms with Crippen molar-refractivity contribution in [3.8, 4) is 10.6 Å². The monoisotopic (exact) mass is 363 g/mol. The van der Waals surface area contributed by atoms with Crippen molar-refractivity contribution < 1.29 is 13.6 Å². The molecule has 0 saturated carbocycles. The molecule has 2 aromatic rings. The molecule has 2 unspecified atom stereocenters. The summed E-state index contributed by atoms with van der Waals surface area (Å²) in [5, 5.41) is 3.66. The first-order valence-corrected chi connectivity index (χ1v) is 9.31. The average Bonchev–Trinajstić information content (AvgIpc) is 3.11. The number of piperidine rings is 3. The zero-order chi connectivity index (χ0) is 17.6. The van der Waals surface area contributed by atoms with Crippen LogP contribution in [0.4, 0.5) is 8.78 Å². The van der Waals surface area contributed by atoms with E-state index in [4.69, 9.17) is 0 Å². The summed E-state index contributed by atoms with van der Waals surface area (Å²) in [6, 6.07) is 4.14. The maximum atomic E-state index is 13.4. The van der Waals surface area contributed by atoms with Crippen molar-refractivity contribution in [3.63, 3.8) is 0 Å². The van der Waals surface area contributed by atoms with Gasteiger partial charge in [0.2, 0.25) is 0 Å². The summed E-state index contributed by atoms with van der Waals surface area (Å²) in [6.07, 6.45) is 3.75. The minimum Gasteiger partial charge on any atom is -0.347 e. The number of thiazole rings is 1. The number of hydrogen-bond donors (Lipinski definition) is 1. The van der Waals surface area contributed by atoms with Crippen LogP contribution in [0.5, 0.6) is 0 Å². The number of nitrogens with zero attached hydrogens (tertiary/aromatic N) is 2. The van der Waals surface area contributed by atoms with E-state index in [0.29, 0.717) is 27.4 Å². The van der Waals surface area contributed by atoms with Gasteiger partial charge in [-0.25, -0.2) is 13.8 Å².